The molecule has 0 spiro atoms. The van der Waals surface area contributed by atoms with Gasteiger partial charge in [-0.05, 0) is 75.4 Å². The zero-order chi connectivity index (χ0) is 36.4. The summed E-state index contributed by atoms with van der Waals surface area (Å²) in [6.07, 6.45) is 5.61. The molecule has 0 saturated carbocycles. The SMILES string of the molecule is C=CC=CCCC1C(C(=O)O)NCCN1C(=O)C(Cc1cccc(O[Si](C)(C)C(C)(C)C)c1)NC(=O)C(NC(=O)OC(C)(C)C)C(C)C. The van der Waals surface area contributed by atoms with E-state index in [-0.39, 0.29) is 30.5 Å². The fourth-order valence-electron chi connectivity index (χ4n) is 5.18. The zero-order valence-corrected chi connectivity index (χ0v) is 31.5. The first-order chi connectivity index (χ1) is 22.2. The van der Waals surface area contributed by atoms with Crippen LogP contribution in [0.1, 0.15) is 73.8 Å². The number of hydrogen-bond donors (Lipinski definition) is 4. The minimum Gasteiger partial charge on any atom is -0.543 e. The van der Waals surface area contributed by atoms with Crippen LogP contribution >= 0.6 is 0 Å². The Morgan fingerprint density at radius 1 is 1.12 bits per heavy atom. The van der Waals surface area contributed by atoms with E-state index in [0.29, 0.717) is 18.6 Å². The molecule has 0 radical (unpaired) electrons. The summed E-state index contributed by atoms with van der Waals surface area (Å²) in [7, 11) is -2.16. The number of aliphatic carboxylic acids is 1. The van der Waals surface area contributed by atoms with Gasteiger partial charge >= 0.3 is 12.1 Å². The van der Waals surface area contributed by atoms with Crippen LogP contribution in [0.3, 0.4) is 0 Å². The number of hydrogen-bond acceptors (Lipinski definition) is 7. The minimum atomic E-state index is -2.16. The first-order valence-electron chi connectivity index (χ1n) is 16.8. The third-order valence-electron chi connectivity index (χ3n) is 8.71. The lowest BCUT2D eigenvalue weighted by Gasteiger charge is -2.42. The van der Waals surface area contributed by atoms with E-state index in [4.69, 9.17) is 9.16 Å². The molecule has 1 aromatic carbocycles. The van der Waals surface area contributed by atoms with Gasteiger partial charge in [0.25, 0.3) is 0 Å². The molecule has 1 aliphatic heterocycles. The molecule has 0 bridgehead atoms. The predicted octanol–water partition coefficient (Wildman–Crippen LogP) is 5.42. The predicted molar refractivity (Wildman–Crippen MR) is 191 cm³/mol. The van der Waals surface area contributed by atoms with E-state index in [1.165, 1.54) is 0 Å². The van der Waals surface area contributed by atoms with Gasteiger partial charge in [0.15, 0.2) is 0 Å². The molecule has 4 atom stereocenters. The maximum Gasteiger partial charge on any atom is 0.408 e. The fourth-order valence-corrected chi connectivity index (χ4v) is 6.20. The van der Waals surface area contributed by atoms with Gasteiger partial charge in [-0.2, -0.15) is 0 Å². The third-order valence-corrected chi connectivity index (χ3v) is 13.1. The molecular formula is C36H58N4O7Si. The molecule has 4 unspecified atom stereocenters. The van der Waals surface area contributed by atoms with E-state index in [9.17, 15) is 24.3 Å². The van der Waals surface area contributed by atoms with Crippen LogP contribution in [0.15, 0.2) is 49.1 Å². The molecule has 11 nitrogen and oxygen atoms in total. The van der Waals surface area contributed by atoms with Crippen LogP contribution in [0.4, 0.5) is 4.79 Å². The summed E-state index contributed by atoms with van der Waals surface area (Å²) in [4.78, 5) is 54.8. The Labute approximate surface area is 288 Å². The number of benzene rings is 1. The second-order valence-corrected chi connectivity index (χ2v) is 20.0. The summed E-state index contributed by atoms with van der Waals surface area (Å²) in [5.41, 5.74) is -0.00170. The Kier molecular flexibility index (Phi) is 14.5. The first kappa shape index (κ1) is 40.5. The van der Waals surface area contributed by atoms with Crippen LogP contribution in [0.2, 0.25) is 18.1 Å². The van der Waals surface area contributed by atoms with Crippen LogP contribution < -0.4 is 20.4 Å². The number of allylic oxidation sites excluding steroid dienone is 3. The average molecular weight is 687 g/mol. The van der Waals surface area contributed by atoms with E-state index < -0.39 is 62.0 Å². The Morgan fingerprint density at radius 2 is 1.79 bits per heavy atom. The Hall–Kier alpha value is -3.64. The minimum absolute atomic E-state index is 0.0265. The number of carboxylic acid groups (broad SMARTS) is 1. The molecule has 12 heteroatoms. The number of carbonyl (C=O) groups excluding carboxylic acids is 3. The molecule has 2 rings (SSSR count). The van der Waals surface area contributed by atoms with Crippen LogP contribution in [-0.4, -0.2) is 85.1 Å². The van der Waals surface area contributed by atoms with Crippen LogP contribution in [-0.2, 0) is 25.5 Å². The molecule has 0 aromatic heterocycles. The van der Waals surface area contributed by atoms with Crippen molar-refractivity contribution in [2.75, 3.05) is 13.1 Å². The van der Waals surface area contributed by atoms with Crippen molar-refractivity contribution in [2.24, 2.45) is 5.92 Å². The van der Waals surface area contributed by atoms with Gasteiger partial charge in [0.1, 0.15) is 29.5 Å². The van der Waals surface area contributed by atoms with Crippen LogP contribution in [0, 0.1) is 5.92 Å². The Balaban J connectivity index is 2.50. The van der Waals surface area contributed by atoms with Crippen molar-refractivity contribution >= 4 is 32.2 Å². The number of alkyl carbamates (subject to hydrolysis) is 1. The molecule has 1 aromatic rings. The van der Waals surface area contributed by atoms with Crippen molar-refractivity contribution in [1.82, 2.24) is 20.9 Å². The number of nitrogens with one attached hydrogen (secondary N) is 3. The molecule has 268 valence electrons. The Bertz CT molecular complexity index is 1320. The summed E-state index contributed by atoms with van der Waals surface area (Å²) >= 11 is 0. The van der Waals surface area contributed by atoms with Gasteiger partial charge in [-0.1, -0.05) is 71.6 Å². The van der Waals surface area contributed by atoms with Gasteiger partial charge in [0, 0.05) is 19.5 Å². The highest BCUT2D eigenvalue weighted by Crippen LogP contribution is 2.37. The smallest absolute Gasteiger partial charge is 0.408 e. The highest BCUT2D eigenvalue weighted by Gasteiger charge is 2.42. The molecule has 3 amide bonds. The highest BCUT2D eigenvalue weighted by molar-refractivity contribution is 6.74. The number of carboxylic acids is 1. The number of piperazine rings is 1. The lowest BCUT2D eigenvalue weighted by molar-refractivity contribution is -0.148. The van der Waals surface area contributed by atoms with Crippen molar-refractivity contribution in [1.29, 1.82) is 0 Å². The van der Waals surface area contributed by atoms with Crippen molar-refractivity contribution < 1.29 is 33.4 Å². The molecule has 0 aliphatic carbocycles. The highest BCUT2D eigenvalue weighted by atomic mass is 28.4. The Morgan fingerprint density at radius 3 is 2.35 bits per heavy atom. The van der Waals surface area contributed by atoms with Crippen LogP contribution in [0.25, 0.3) is 0 Å². The quantitative estimate of drug-likeness (QED) is 0.150. The number of amides is 3. The van der Waals surface area contributed by atoms with E-state index in [2.05, 4.69) is 56.4 Å². The zero-order valence-electron chi connectivity index (χ0n) is 30.5. The van der Waals surface area contributed by atoms with Crippen molar-refractivity contribution in [3.05, 3.63) is 54.6 Å². The largest absolute Gasteiger partial charge is 0.543 e. The van der Waals surface area contributed by atoms with Crippen molar-refractivity contribution in [3.8, 4) is 5.75 Å². The van der Waals surface area contributed by atoms with Crippen LogP contribution in [0.5, 0.6) is 5.75 Å². The normalized spacial score (nSPS) is 18.6. The van der Waals surface area contributed by atoms with E-state index in [0.717, 1.165) is 5.56 Å². The number of rotatable bonds is 14. The number of nitrogens with zero attached hydrogens (tertiary/aromatic N) is 1. The first-order valence-corrected chi connectivity index (χ1v) is 19.7. The van der Waals surface area contributed by atoms with Gasteiger partial charge < -0.3 is 35.1 Å². The lowest BCUT2D eigenvalue weighted by Crippen LogP contribution is -2.65. The summed E-state index contributed by atoms with van der Waals surface area (Å²) < 4.78 is 11.9. The fraction of sp³-hybridized carbons (Fsp3) is 0.611. The summed E-state index contributed by atoms with van der Waals surface area (Å²) in [5, 5.41) is 18.6. The topological polar surface area (TPSA) is 146 Å². The monoisotopic (exact) mass is 686 g/mol. The molecule has 1 saturated heterocycles. The van der Waals surface area contributed by atoms with E-state index in [1.54, 1.807) is 51.7 Å². The van der Waals surface area contributed by atoms with E-state index in [1.807, 2.05) is 30.3 Å². The summed E-state index contributed by atoms with van der Waals surface area (Å²) in [6, 6.07) is 3.84. The number of carbonyl (C=O) groups is 4. The standard InChI is InChI=1S/C36H58N4O7Si/c1-12-13-14-15-19-28-30(33(43)44)37-20-21-40(28)32(42)27(38-31(41)29(24(2)3)39-34(45)46-35(4,5)6)23-25-17-16-18-26(22-25)47-48(10,11)36(7,8)9/h12-14,16-18,22,24,27-30,37H,1,15,19-21,23H2,2-11H3,(H,38,41)(H,39,45)(H,43,44). The lowest BCUT2D eigenvalue weighted by atomic mass is 9.95. The third kappa shape index (κ3) is 12.1. The van der Waals surface area contributed by atoms with E-state index >= 15 is 0 Å². The molecule has 1 heterocycles. The summed E-state index contributed by atoms with van der Waals surface area (Å²) in [5.74, 6) is -1.64. The molecule has 1 fully saturated rings. The van der Waals surface area contributed by atoms with Crippen molar-refractivity contribution in [3.63, 3.8) is 0 Å². The van der Waals surface area contributed by atoms with Gasteiger partial charge in [0.2, 0.25) is 20.1 Å². The maximum atomic E-state index is 14.5. The van der Waals surface area contributed by atoms with Gasteiger partial charge in [0.05, 0.1) is 6.04 Å². The van der Waals surface area contributed by atoms with Gasteiger partial charge in [-0.3, -0.25) is 14.4 Å². The molecule has 4 N–H and O–H groups in total. The molecular weight excluding hydrogens is 629 g/mol. The average Bonchev–Trinajstić information content (AvgIpc) is 2.95. The summed E-state index contributed by atoms with van der Waals surface area (Å²) in [6.45, 7) is 23.8. The second kappa shape index (κ2) is 17.1. The molecule has 1 aliphatic rings. The second-order valence-electron chi connectivity index (χ2n) is 15.3. The van der Waals surface area contributed by atoms with Crippen molar-refractivity contribution in [2.45, 2.75) is 123 Å². The van der Waals surface area contributed by atoms with Gasteiger partial charge in [-0.15, -0.1) is 0 Å². The van der Waals surface area contributed by atoms with Gasteiger partial charge in [-0.25, -0.2) is 4.79 Å². The maximum absolute atomic E-state index is 14.5. The molecule has 48 heavy (non-hydrogen) atoms. The number of ether oxygens (including phenoxy) is 1.